The first-order valence-corrected chi connectivity index (χ1v) is 4.15. The standard InChI is InChI=1S/C9H8N2O.C2N2/c1-12-11-9(7-10)8-5-3-2-4-6-8;3-1-2-4/h2-6H,1H3;. The molecule has 0 bridgehead atoms. The quantitative estimate of drug-likeness (QED) is 0.549. The van der Waals surface area contributed by atoms with Crippen molar-refractivity contribution in [3.63, 3.8) is 0 Å². The van der Waals surface area contributed by atoms with Crippen molar-refractivity contribution in [2.45, 2.75) is 0 Å². The Hall–Kier alpha value is -2.84. The number of hydrogen-bond acceptors (Lipinski definition) is 5. The van der Waals surface area contributed by atoms with Crippen LogP contribution in [-0.4, -0.2) is 12.8 Å². The van der Waals surface area contributed by atoms with Crippen molar-refractivity contribution < 1.29 is 4.84 Å². The molecule has 0 aliphatic rings. The minimum Gasteiger partial charge on any atom is -0.398 e. The van der Waals surface area contributed by atoms with E-state index in [-0.39, 0.29) is 5.71 Å². The van der Waals surface area contributed by atoms with Crippen LogP contribution in [0.4, 0.5) is 0 Å². The van der Waals surface area contributed by atoms with Gasteiger partial charge in [-0.05, 0) is 0 Å². The van der Waals surface area contributed by atoms with Crippen LogP contribution in [0.2, 0.25) is 0 Å². The lowest BCUT2D eigenvalue weighted by molar-refractivity contribution is 0.214. The minimum atomic E-state index is 0.290. The van der Waals surface area contributed by atoms with Crippen molar-refractivity contribution in [1.29, 1.82) is 15.8 Å². The lowest BCUT2D eigenvalue weighted by Gasteiger charge is -1.94. The molecule has 78 valence electrons. The largest absolute Gasteiger partial charge is 0.398 e. The summed E-state index contributed by atoms with van der Waals surface area (Å²) in [6.45, 7) is 0. The van der Waals surface area contributed by atoms with Gasteiger partial charge >= 0.3 is 0 Å². The van der Waals surface area contributed by atoms with Crippen LogP contribution in [0.3, 0.4) is 0 Å². The van der Waals surface area contributed by atoms with Crippen LogP contribution in [-0.2, 0) is 4.84 Å². The summed E-state index contributed by atoms with van der Waals surface area (Å²) in [5.74, 6) is 0. The maximum atomic E-state index is 8.65. The highest BCUT2D eigenvalue weighted by Gasteiger charge is 1.99. The Kier molecular flexibility index (Phi) is 7.19. The van der Waals surface area contributed by atoms with Gasteiger partial charge in [0.05, 0.1) is 0 Å². The summed E-state index contributed by atoms with van der Waals surface area (Å²) in [4.78, 5) is 4.51. The highest BCUT2D eigenvalue weighted by Crippen LogP contribution is 2.00. The molecule has 0 aliphatic heterocycles. The molecule has 1 aromatic rings. The van der Waals surface area contributed by atoms with Crippen LogP contribution in [0.25, 0.3) is 0 Å². The Morgan fingerprint density at radius 2 is 1.69 bits per heavy atom. The van der Waals surface area contributed by atoms with E-state index in [4.69, 9.17) is 15.8 Å². The summed E-state index contributed by atoms with van der Waals surface area (Å²) < 4.78 is 0. The van der Waals surface area contributed by atoms with Crippen LogP contribution < -0.4 is 0 Å². The van der Waals surface area contributed by atoms with Gasteiger partial charge in [0.2, 0.25) is 0 Å². The van der Waals surface area contributed by atoms with E-state index in [2.05, 4.69) is 9.99 Å². The van der Waals surface area contributed by atoms with E-state index in [1.165, 1.54) is 19.2 Å². The maximum absolute atomic E-state index is 8.65. The number of oxime groups is 1. The van der Waals surface area contributed by atoms with E-state index < -0.39 is 0 Å². The Labute approximate surface area is 93.4 Å². The molecule has 0 heterocycles. The van der Waals surface area contributed by atoms with E-state index in [0.29, 0.717) is 0 Å². The van der Waals surface area contributed by atoms with Crippen LogP contribution >= 0.6 is 0 Å². The van der Waals surface area contributed by atoms with Crippen molar-refractivity contribution in [2.24, 2.45) is 5.16 Å². The van der Waals surface area contributed by atoms with E-state index in [9.17, 15) is 0 Å². The Morgan fingerprint density at radius 3 is 2.06 bits per heavy atom. The summed E-state index contributed by atoms with van der Waals surface area (Å²) in [7, 11) is 1.42. The van der Waals surface area contributed by atoms with E-state index in [0.717, 1.165) is 5.56 Å². The molecule has 0 amide bonds. The zero-order chi connectivity index (χ0) is 12.2. The predicted octanol–water partition coefficient (Wildman–Crippen LogP) is 1.59. The first-order chi connectivity index (χ1) is 7.79. The molecular formula is C11H8N4O. The summed E-state index contributed by atoms with van der Waals surface area (Å²) in [5.41, 5.74) is 1.06. The van der Waals surface area contributed by atoms with Crippen molar-refractivity contribution >= 4 is 5.71 Å². The molecule has 0 saturated carbocycles. The van der Waals surface area contributed by atoms with Gasteiger partial charge < -0.3 is 4.84 Å². The van der Waals surface area contributed by atoms with Crippen LogP contribution in [0.5, 0.6) is 0 Å². The zero-order valence-corrected chi connectivity index (χ0v) is 8.58. The second-order valence-electron chi connectivity index (χ2n) is 2.32. The molecule has 1 rings (SSSR count). The average Bonchev–Trinajstić information content (AvgIpc) is 2.37. The number of nitriles is 3. The van der Waals surface area contributed by atoms with Gasteiger partial charge in [0, 0.05) is 5.56 Å². The molecule has 0 saturated heterocycles. The highest BCUT2D eigenvalue weighted by molar-refractivity contribution is 6.11. The van der Waals surface area contributed by atoms with Gasteiger partial charge in [0.15, 0.2) is 17.9 Å². The lowest BCUT2D eigenvalue weighted by Crippen LogP contribution is -1.96. The third kappa shape index (κ3) is 5.01. The molecule has 1 aromatic carbocycles. The van der Waals surface area contributed by atoms with Gasteiger partial charge in [-0.1, -0.05) is 35.5 Å². The molecule has 0 spiro atoms. The number of benzene rings is 1. The molecular weight excluding hydrogens is 204 g/mol. The zero-order valence-electron chi connectivity index (χ0n) is 8.58. The predicted molar refractivity (Wildman–Crippen MR) is 56.8 cm³/mol. The second-order valence-corrected chi connectivity index (χ2v) is 2.32. The van der Waals surface area contributed by atoms with Crippen molar-refractivity contribution in [2.75, 3.05) is 7.11 Å². The fourth-order valence-electron chi connectivity index (χ4n) is 0.825. The van der Waals surface area contributed by atoms with Crippen molar-refractivity contribution in [3.8, 4) is 18.2 Å². The summed E-state index contributed by atoms with van der Waals surface area (Å²) in [6.07, 6.45) is 0. The van der Waals surface area contributed by atoms with Gasteiger partial charge in [-0.2, -0.15) is 15.8 Å². The maximum Gasteiger partial charge on any atom is 0.186 e. The fourth-order valence-corrected chi connectivity index (χ4v) is 0.825. The van der Waals surface area contributed by atoms with Crippen molar-refractivity contribution in [3.05, 3.63) is 35.9 Å². The molecule has 0 radical (unpaired) electrons. The molecule has 0 N–H and O–H groups in total. The van der Waals surface area contributed by atoms with Gasteiger partial charge in [-0.15, -0.1) is 0 Å². The SMILES string of the molecule is CON=C(C#N)c1ccccc1.N#CC#N. The van der Waals surface area contributed by atoms with E-state index in [1.807, 2.05) is 24.3 Å². The summed E-state index contributed by atoms with van der Waals surface area (Å²) in [5, 5.41) is 26.7. The lowest BCUT2D eigenvalue weighted by atomic mass is 10.1. The molecule has 0 unspecified atom stereocenters. The summed E-state index contributed by atoms with van der Waals surface area (Å²) in [6, 6.07) is 13.6. The van der Waals surface area contributed by atoms with Crippen LogP contribution in [0.15, 0.2) is 35.5 Å². The normalized spacial score (nSPS) is 8.50. The molecule has 5 heteroatoms. The third-order valence-electron chi connectivity index (χ3n) is 1.39. The average molecular weight is 212 g/mol. The first kappa shape index (κ1) is 13.2. The first-order valence-electron chi connectivity index (χ1n) is 4.15. The smallest absolute Gasteiger partial charge is 0.186 e. The number of hydrogen-bond donors (Lipinski definition) is 0. The Balaban J connectivity index is 0.000000487. The molecule has 0 aliphatic carbocycles. The second kappa shape index (κ2) is 8.74. The fraction of sp³-hybridized carbons (Fsp3) is 0.0909. The number of rotatable bonds is 2. The molecule has 5 nitrogen and oxygen atoms in total. The molecule has 0 aromatic heterocycles. The molecule has 16 heavy (non-hydrogen) atoms. The molecule has 0 fully saturated rings. The van der Waals surface area contributed by atoms with Gasteiger partial charge in [-0.25, -0.2) is 0 Å². The van der Waals surface area contributed by atoms with E-state index >= 15 is 0 Å². The third-order valence-corrected chi connectivity index (χ3v) is 1.39. The van der Waals surface area contributed by atoms with Crippen LogP contribution in [0.1, 0.15) is 5.56 Å². The highest BCUT2D eigenvalue weighted by atomic mass is 16.6. The van der Waals surface area contributed by atoms with E-state index in [1.54, 1.807) is 12.1 Å². The van der Waals surface area contributed by atoms with Crippen molar-refractivity contribution in [1.82, 2.24) is 0 Å². The van der Waals surface area contributed by atoms with Gasteiger partial charge in [0.1, 0.15) is 13.2 Å². The topological polar surface area (TPSA) is 93.0 Å². The monoisotopic (exact) mass is 212 g/mol. The molecule has 0 atom stereocenters. The minimum absolute atomic E-state index is 0.290. The van der Waals surface area contributed by atoms with Crippen LogP contribution in [0, 0.1) is 34.0 Å². The summed E-state index contributed by atoms with van der Waals surface area (Å²) >= 11 is 0. The van der Waals surface area contributed by atoms with Gasteiger partial charge in [-0.3, -0.25) is 0 Å². The number of nitrogens with zero attached hydrogens (tertiary/aromatic N) is 4. The Morgan fingerprint density at radius 1 is 1.12 bits per heavy atom. The Bertz CT molecular complexity index is 447. The van der Waals surface area contributed by atoms with Gasteiger partial charge in [0.25, 0.3) is 0 Å².